The number of anilines is 2. The third kappa shape index (κ3) is 7.39. The van der Waals surface area contributed by atoms with Crippen LogP contribution in [0.5, 0.6) is 0 Å². The van der Waals surface area contributed by atoms with Crippen LogP contribution in [0.2, 0.25) is 0 Å². The minimum atomic E-state index is -0.642. The van der Waals surface area contributed by atoms with E-state index in [-0.39, 0.29) is 41.2 Å². The largest absolute Gasteiger partial charge is 0.379 e. The average molecular weight is 777 g/mol. The van der Waals surface area contributed by atoms with Gasteiger partial charge < -0.3 is 20.0 Å². The smallest absolute Gasteiger partial charge is 0.282 e. The summed E-state index contributed by atoms with van der Waals surface area (Å²) in [5.41, 5.74) is 4.75. The molecule has 2 aromatic carbocycles. The van der Waals surface area contributed by atoms with Crippen LogP contribution < -0.4 is 21.1 Å². The summed E-state index contributed by atoms with van der Waals surface area (Å²) in [7, 11) is 3.73. The van der Waals surface area contributed by atoms with Crippen molar-refractivity contribution in [3.8, 4) is 0 Å². The Kier molecular flexibility index (Phi) is 10.3. The topological polar surface area (TPSA) is 120 Å². The zero-order valence-corrected chi connectivity index (χ0v) is 31.7. The predicted molar refractivity (Wildman–Crippen MR) is 201 cm³/mol. The van der Waals surface area contributed by atoms with Crippen LogP contribution in [0.4, 0.5) is 15.8 Å². The Morgan fingerprint density at radius 3 is 2.38 bits per heavy atom. The van der Waals surface area contributed by atoms with Crippen LogP contribution in [0.25, 0.3) is 0 Å². The van der Waals surface area contributed by atoms with E-state index in [0.29, 0.717) is 27.7 Å². The fourth-order valence-corrected chi connectivity index (χ4v) is 9.25. The lowest BCUT2D eigenvalue weighted by Gasteiger charge is -2.47. The Hall–Kier alpha value is -4.10. The number of imide groups is 1. The zero-order chi connectivity index (χ0) is 36.7. The number of halogens is 2. The number of rotatable bonds is 6. The fourth-order valence-electron chi connectivity index (χ4n) is 8.77. The second-order valence-electron chi connectivity index (χ2n) is 15.4. The van der Waals surface area contributed by atoms with Crippen molar-refractivity contribution < 1.29 is 18.8 Å². The summed E-state index contributed by atoms with van der Waals surface area (Å²) in [6.45, 7) is 6.80. The van der Waals surface area contributed by atoms with Gasteiger partial charge in [-0.15, -0.1) is 0 Å². The van der Waals surface area contributed by atoms with Gasteiger partial charge in [0.1, 0.15) is 10.3 Å². The number of likely N-dealkylation sites (tertiary alicyclic amines) is 2. The van der Waals surface area contributed by atoms with Crippen molar-refractivity contribution in [3.63, 3.8) is 0 Å². The first kappa shape index (κ1) is 36.3. The van der Waals surface area contributed by atoms with E-state index in [1.807, 2.05) is 24.0 Å². The third-order valence-corrected chi connectivity index (χ3v) is 12.7. The van der Waals surface area contributed by atoms with E-state index < -0.39 is 17.6 Å². The molecule has 1 spiro atoms. The summed E-state index contributed by atoms with van der Waals surface area (Å²) in [5.74, 6) is -1.42. The standard InChI is InChI=1S/C39H47BrFN7O4/c1-24-18-30(29-8-9-34(49)44-36(29)50)31(41)20-33(24)47-14-10-39(11-15-47)12-16-48(17-13-39)37(51)26-6-4-25(5-7-26)27-19-28(23-45(2)22-27)43-32-21-42-46(3)38(52)35(32)40/h4-7,18,20-21,27-29,43H,8-17,19,22-23H2,1-3H3,(H,44,49,50)/t27-,28+,29?/m1/s1. The molecule has 0 aliphatic carbocycles. The van der Waals surface area contributed by atoms with Gasteiger partial charge in [0, 0.05) is 75.6 Å². The van der Waals surface area contributed by atoms with Crippen LogP contribution in [0, 0.1) is 18.2 Å². The quantitative estimate of drug-likeness (QED) is 0.339. The first-order valence-electron chi connectivity index (χ1n) is 18.3. The molecule has 0 bridgehead atoms. The number of nitrogens with zero attached hydrogens (tertiary/aromatic N) is 5. The zero-order valence-electron chi connectivity index (χ0n) is 30.1. The molecule has 4 fully saturated rings. The second-order valence-corrected chi connectivity index (χ2v) is 16.2. The maximum absolute atomic E-state index is 15.4. The van der Waals surface area contributed by atoms with Crippen LogP contribution >= 0.6 is 15.9 Å². The summed E-state index contributed by atoms with van der Waals surface area (Å²) in [4.78, 5) is 56.5. The molecule has 11 nitrogen and oxygen atoms in total. The molecule has 0 radical (unpaired) electrons. The summed E-state index contributed by atoms with van der Waals surface area (Å²) < 4.78 is 17.1. The van der Waals surface area contributed by atoms with Crippen LogP contribution in [-0.2, 0) is 16.6 Å². The lowest BCUT2D eigenvalue weighted by molar-refractivity contribution is -0.134. The lowest BCUT2D eigenvalue weighted by Crippen LogP contribution is -2.48. The first-order chi connectivity index (χ1) is 24.9. The van der Waals surface area contributed by atoms with Gasteiger partial charge in [0.25, 0.3) is 11.5 Å². The third-order valence-electron chi connectivity index (χ3n) is 11.9. The van der Waals surface area contributed by atoms with Gasteiger partial charge in [0.05, 0.1) is 17.8 Å². The SMILES string of the molecule is Cc1cc(C2CCC(=O)NC2=O)c(F)cc1N1CCC2(CCN(C(=O)c3ccc([C@@H]4C[C@H](Nc5cnn(C)c(=O)c5Br)CN(C)C4)cc3)CC2)CC1. The number of hydrogen-bond acceptors (Lipinski definition) is 8. The van der Waals surface area contributed by atoms with E-state index >= 15 is 4.39 Å². The molecule has 3 atom stereocenters. The molecule has 1 unspecified atom stereocenters. The van der Waals surface area contributed by atoms with Crippen LogP contribution in [0.15, 0.2) is 51.9 Å². The molecule has 0 saturated carbocycles. The van der Waals surface area contributed by atoms with Crippen molar-refractivity contribution in [2.45, 2.75) is 69.7 Å². The maximum Gasteiger partial charge on any atom is 0.282 e. The van der Waals surface area contributed by atoms with E-state index in [1.54, 1.807) is 25.4 Å². The Labute approximate surface area is 312 Å². The number of hydrogen-bond donors (Lipinski definition) is 2. The summed E-state index contributed by atoms with van der Waals surface area (Å²) in [6, 6.07) is 11.6. The highest BCUT2D eigenvalue weighted by molar-refractivity contribution is 9.10. The summed E-state index contributed by atoms with van der Waals surface area (Å²) in [6.07, 6.45) is 7.00. The van der Waals surface area contributed by atoms with E-state index in [1.165, 1.54) is 10.2 Å². The van der Waals surface area contributed by atoms with Crippen molar-refractivity contribution >= 4 is 45.0 Å². The lowest BCUT2D eigenvalue weighted by atomic mass is 9.71. The van der Waals surface area contributed by atoms with Crippen LogP contribution in [-0.4, -0.2) is 89.7 Å². The highest BCUT2D eigenvalue weighted by Crippen LogP contribution is 2.43. The molecule has 4 aliphatic rings. The number of benzene rings is 2. The molecule has 5 heterocycles. The van der Waals surface area contributed by atoms with Crippen molar-refractivity contribution in [2.75, 3.05) is 56.5 Å². The molecule has 4 aliphatic heterocycles. The number of aryl methyl sites for hydroxylation is 2. The van der Waals surface area contributed by atoms with Crippen LogP contribution in [0.3, 0.4) is 0 Å². The first-order valence-corrected chi connectivity index (χ1v) is 19.1. The molecular formula is C39H47BrFN7O4. The van der Waals surface area contributed by atoms with E-state index in [9.17, 15) is 19.2 Å². The Morgan fingerprint density at radius 2 is 1.69 bits per heavy atom. The molecule has 3 aromatic rings. The molecular weight excluding hydrogens is 729 g/mol. The molecule has 13 heteroatoms. The Bertz CT molecular complexity index is 1920. The van der Waals surface area contributed by atoms with Crippen molar-refractivity contribution in [3.05, 3.63) is 85.5 Å². The van der Waals surface area contributed by atoms with E-state index in [2.05, 4.69) is 60.6 Å². The van der Waals surface area contributed by atoms with Gasteiger partial charge in [-0.25, -0.2) is 9.07 Å². The highest BCUT2D eigenvalue weighted by Gasteiger charge is 2.39. The number of piperidine rings is 4. The highest BCUT2D eigenvalue weighted by atomic mass is 79.9. The van der Waals surface area contributed by atoms with Gasteiger partial charge in [-0.2, -0.15) is 5.10 Å². The number of likely N-dealkylation sites (N-methyl/N-ethyl adjacent to an activating group) is 1. The Balaban J connectivity index is 0.923. The van der Waals surface area contributed by atoms with Gasteiger partial charge in [-0.05, 0) is 109 Å². The monoisotopic (exact) mass is 775 g/mol. The number of amides is 3. The molecule has 52 heavy (non-hydrogen) atoms. The number of carbonyl (C=O) groups is 3. The molecule has 3 amide bonds. The maximum atomic E-state index is 15.4. The normalized spacial score (nSPS) is 23.8. The fraction of sp³-hybridized carbons (Fsp3) is 0.513. The van der Waals surface area contributed by atoms with Gasteiger partial charge >= 0.3 is 0 Å². The minimum absolute atomic E-state index is 0.0735. The predicted octanol–water partition coefficient (Wildman–Crippen LogP) is 4.93. The summed E-state index contributed by atoms with van der Waals surface area (Å²) >= 11 is 3.42. The molecule has 2 N–H and O–H groups in total. The van der Waals surface area contributed by atoms with E-state index in [4.69, 9.17) is 0 Å². The number of nitrogens with one attached hydrogen (secondary N) is 2. The van der Waals surface area contributed by atoms with E-state index in [0.717, 1.165) is 82.6 Å². The second kappa shape index (κ2) is 14.7. The van der Waals surface area contributed by atoms with Gasteiger partial charge in [0.2, 0.25) is 11.8 Å². The minimum Gasteiger partial charge on any atom is -0.379 e. The molecule has 7 rings (SSSR count). The van der Waals surface area contributed by atoms with Gasteiger partial charge in [-0.1, -0.05) is 18.2 Å². The summed E-state index contributed by atoms with van der Waals surface area (Å²) in [5, 5.41) is 10.0. The Morgan fingerprint density at radius 1 is 1.00 bits per heavy atom. The van der Waals surface area contributed by atoms with Crippen molar-refractivity contribution in [1.29, 1.82) is 0 Å². The van der Waals surface area contributed by atoms with Crippen molar-refractivity contribution in [2.24, 2.45) is 12.5 Å². The van der Waals surface area contributed by atoms with Crippen LogP contribution in [0.1, 0.15) is 83.8 Å². The molecule has 4 saturated heterocycles. The van der Waals surface area contributed by atoms with Crippen molar-refractivity contribution in [1.82, 2.24) is 24.9 Å². The number of aromatic nitrogens is 2. The molecule has 1 aromatic heterocycles. The number of carbonyl (C=O) groups excluding carboxylic acids is 3. The van der Waals surface area contributed by atoms with Gasteiger partial charge in [-0.3, -0.25) is 24.5 Å². The average Bonchev–Trinajstić information content (AvgIpc) is 3.13. The molecule has 276 valence electrons. The van der Waals surface area contributed by atoms with Gasteiger partial charge in [0.15, 0.2) is 0 Å².